The molecule has 0 radical (unpaired) electrons. The van der Waals surface area contributed by atoms with Gasteiger partial charge in [0.1, 0.15) is 5.56 Å². The zero-order chi connectivity index (χ0) is 15.1. The van der Waals surface area contributed by atoms with Crippen molar-refractivity contribution in [3.05, 3.63) is 50.1 Å². The first-order valence-electron chi connectivity index (χ1n) is 6.83. The van der Waals surface area contributed by atoms with Gasteiger partial charge in [-0.25, -0.2) is 4.79 Å². The molecule has 0 aliphatic heterocycles. The number of aromatic nitrogens is 2. The van der Waals surface area contributed by atoms with Gasteiger partial charge in [-0.1, -0.05) is 29.8 Å². The molecule has 1 fully saturated rings. The maximum absolute atomic E-state index is 12.1. The summed E-state index contributed by atoms with van der Waals surface area (Å²) in [6.45, 7) is 1.87. The van der Waals surface area contributed by atoms with Gasteiger partial charge in [0.25, 0.3) is 5.56 Å². The van der Waals surface area contributed by atoms with E-state index in [2.05, 4.69) is 4.98 Å². The van der Waals surface area contributed by atoms with Crippen LogP contribution in [0.25, 0.3) is 11.1 Å². The van der Waals surface area contributed by atoms with Crippen LogP contribution in [0.2, 0.25) is 5.02 Å². The van der Waals surface area contributed by atoms with E-state index < -0.39 is 11.2 Å². The molecule has 2 aromatic rings. The minimum absolute atomic E-state index is 0.0349. The van der Waals surface area contributed by atoms with Crippen LogP contribution in [0.4, 0.5) is 0 Å². The predicted molar refractivity (Wildman–Crippen MR) is 80.9 cm³/mol. The molecule has 0 amide bonds. The Labute approximate surface area is 125 Å². The van der Waals surface area contributed by atoms with Crippen LogP contribution in [0, 0.1) is 5.92 Å². The van der Waals surface area contributed by atoms with Crippen LogP contribution in [0.1, 0.15) is 25.8 Å². The van der Waals surface area contributed by atoms with Gasteiger partial charge in [0.05, 0.1) is 0 Å². The van der Waals surface area contributed by atoms with E-state index in [0.717, 1.165) is 12.8 Å². The molecule has 5 nitrogen and oxygen atoms in total. The maximum Gasteiger partial charge on any atom is 0.331 e. The third-order valence-corrected chi connectivity index (χ3v) is 4.30. The Kier molecular flexibility index (Phi) is 3.37. The first kappa shape index (κ1) is 13.9. The minimum atomic E-state index is -0.634. The zero-order valence-corrected chi connectivity index (χ0v) is 12.2. The van der Waals surface area contributed by atoms with Gasteiger partial charge < -0.3 is 5.11 Å². The van der Waals surface area contributed by atoms with Crippen LogP contribution in [-0.4, -0.2) is 14.7 Å². The largest absolute Gasteiger partial charge is 0.494 e. The third kappa shape index (κ3) is 2.38. The van der Waals surface area contributed by atoms with Gasteiger partial charge in [-0.05, 0) is 31.7 Å². The van der Waals surface area contributed by atoms with Gasteiger partial charge in [0.2, 0.25) is 5.88 Å². The molecule has 21 heavy (non-hydrogen) atoms. The lowest BCUT2D eigenvalue weighted by molar-refractivity contribution is 0.356. The van der Waals surface area contributed by atoms with Gasteiger partial charge >= 0.3 is 5.69 Å². The highest BCUT2D eigenvalue weighted by molar-refractivity contribution is 6.33. The fourth-order valence-electron chi connectivity index (χ4n) is 2.61. The zero-order valence-electron chi connectivity index (χ0n) is 11.5. The second-order valence-electron chi connectivity index (χ2n) is 5.39. The van der Waals surface area contributed by atoms with E-state index in [0.29, 0.717) is 16.5 Å². The molecule has 1 heterocycles. The Morgan fingerprint density at radius 2 is 2.00 bits per heavy atom. The molecule has 1 atom stereocenters. The Hall–Kier alpha value is -2.01. The number of aromatic amines is 1. The lowest BCUT2D eigenvalue weighted by Crippen LogP contribution is -2.33. The molecule has 1 aliphatic carbocycles. The number of benzene rings is 1. The summed E-state index contributed by atoms with van der Waals surface area (Å²) in [7, 11) is 0. The molecule has 3 rings (SSSR count). The molecule has 0 bridgehead atoms. The lowest BCUT2D eigenvalue weighted by atomic mass is 10.1. The van der Waals surface area contributed by atoms with Crippen LogP contribution in [0.5, 0.6) is 5.88 Å². The van der Waals surface area contributed by atoms with E-state index in [1.807, 2.05) is 6.92 Å². The van der Waals surface area contributed by atoms with Crippen molar-refractivity contribution >= 4 is 11.6 Å². The van der Waals surface area contributed by atoms with Crippen molar-refractivity contribution in [2.75, 3.05) is 0 Å². The van der Waals surface area contributed by atoms with E-state index in [9.17, 15) is 14.7 Å². The van der Waals surface area contributed by atoms with Gasteiger partial charge in [-0.2, -0.15) is 0 Å². The van der Waals surface area contributed by atoms with Gasteiger partial charge in [0.15, 0.2) is 0 Å². The smallest absolute Gasteiger partial charge is 0.331 e. The van der Waals surface area contributed by atoms with Crippen molar-refractivity contribution in [3.63, 3.8) is 0 Å². The summed E-state index contributed by atoms with van der Waals surface area (Å²) in [5.41, 5.74) is -0.778. The molecule has 1 aromatic heterocycles. The number of halogens is 1. The Morgan fingerprint density at radius 3 is 2.62 bits per heavy atom. The van der Waals surface area contributed by atoms with E-state index in [1.165, 1.54) is 4.57 Å². The average molecular weight is 307 g/mol. The Balaban J connectivity index is 2.26. The predicted octanol–water partition coefficient (Wildman–Crippen LogP) is 2.53. The number of hydrogen-bond donors (Lipinski definition) is 2. The molecule has 2 N–H and O–H groups in total. The Bertz CT molecular complexity index is 805. The summed E-state index contributed by atoms with van der Waals surface area (Å²) in [5.74, 6) is 0.0369. The van der Waals surface area contributed by atoms with Crippen molar-refractivity contribution in [1.29, 1.82) is 0 Å². The summed E-state index contributed by atoms with van der Waals surface area (Å²) >= 11 is 6.10. The molecule has 1 aromatic carbocycles. The van der Waals surface area contributed by atoms with Crippen LogP contribution in [0.3, 0.4) is 0 Å². The molecule has 0 saturated heterocycles. The molecule has 1 unspecified atom stereocenters. The number of nitrogens with one attached hydrogen (secondary N) is 1. The van der Waals surface area contributed by atoms with Crippen molar-refractivity contribution in [3.8, 4) is 17.0 Å². The SMILES string of the molecule is CC(C1CC1)n1c(O)c(-c2ccccc2Cl)c(=O)[nH]c1=O. The highest BCUT2D eigenvalue weighted by Crippen LogP contribution is 2.41. The number of hydrogen-bond acceptors (Lipinski definition) is 3. The van der Waals surface area contributed by atoms with Crippen LogP contribution in [-0.2, 0) is 0 Å². The molecule has 0 spiro atoms. The van der Waals surface area contributed by atoms with Crippen molar-refractivity contribution in [2.45, 2.75) is 25.8 Å². The Morgan fingerprint density at radius 1 is 1.33 bits per heavy atom. The highest BCUT2D eigenvalue weighted by Gasteiger charge is 2.32. The topological polar surface area (TPSA) is 75.1 Å². The third-order valence-electron chi connectivity index (χ3n) is 3.97. The average Bonchev–Trinajstić information content (AvgIpc) is 3.24. The van der Waals surface area contributed by atoms with Crippen molar-refractivity contribution in [1.82, 2.24) is 9.55 Å². The molecule has 110 valence electrons. The summed E-state index contributed by atoms with van der Waals surface area (Å²) in [5, 5.41) is 10.8. The van der Waals surface area contributed by atoms with Gasteiger partial charge in [-0.3, -0.25) is 14.3 Å². The van der Waals surface area contributed by atoms with Gasteiger partial charge in [0, 0.05) is 16.6 Å². The summed E-state index contributed by atoms with van der Waals surface area (Å²) in [6.07, 6.45) is 2.04. The van der Waals surface area contributed by atoms with Crippen molar-refractivity contribution in [2.24, 2.45) is 5.92 Å². The number of aromatic hydroxyl groups is 1. The van der Waals surface area contributed by atoms with E-state index in [1.54, 1.807) is 24.3 Å². The van der Waals surface area contributed by atoms with E-state index >= 15 is 0 Å². The summed E-state index contributed by atoms with van der Waals surface area (Å²) in [6, 6.07) is 6.58. The monoisotopic (exact) mass is 306 g/mol. The van der Waals surface area contributed by atoms with E-state index in [-0.39, 0.29) is 17.5 Å². The van der Waals surface area contributed by atoms with Crippen molar-refractivity contribution < 1.29 is 5.11 Å². The molecule has 1 aliphatic rings. The molecular formula is C15H15ClN2O3. The highest BCUT2D eigenvalue weighted by atomic mass is 35.5. The second-order valence-corrected chi connectivity index (χ2v) is 5.79. The van der Waals surface area contributed by atoms with Crippen LogP contribution < -0.4 is 11.2 Å². The number of nitrogens with zero attached hydrogens (tertiary/aromatic N) is 1. The van der Waals surface area contributed by atoms with Gasteiger partial charge in [-0.15, -0.1) is 0 Å². The fraction of sp³-hybridized carbons (Fsp3) is 0.333. The lowest BCUT2D eigenvalue weighted by Gasteiger charge is -2.17. The minimum Gasteiger partial charge on any atom is -0.494 e. The summed E-state index contributed by atoms with van der Waals surface area (Å²) < 4.78 is 1.25. The molecule has 6 heteroatoms. The van der Waals surface area contributed by atoms with Crippen LogP contribution >= 0.6 is 11.6 Å². The number of H-pyrrole nitrogens is 1. The second kappa shape index (κ2) is 5.07. The summed E-state index contributed by atoms with van der Waals surface area (Å²) in [4.78, 5) is 26.4. The quantitative estimate of drug-likeness (QED) is 0.915. The first-order valence-corrected chi connectivity index (χ1v) is 7.21. The normalized spacial score (nSPS) is 15.9. The molecular weight excluding hydrogens is 292 g/mol. The first-order chi connectivity index (χ1) is 10.0. The standard InChI is InChI=1S/C15H15ClN2O3/c1-8(9-6-7-9)18-14(20)12(13(19)17-15(18)21)10-4-2-3-5-11(10)16/h2-5,8-9,20H,6-7H2,1H3,(H,17,19,21). The fourth-order valence-corrected chi connectivity index (χ4v) is 2.84. The maximum atomic E-state index is 12.1. The van der Waals surface area contributed by atoms with E-state index in [4.69, 9.17) is 11.6 Å². The van der Waals surface area contributed by atoms with Crippen LogP contribution in [0.15, 0.2) is 33.9 Å². The number of rotatable bonds is 3. The molecule has 1 saturated carbocycles.